The van der Waals surface area contributed by atoms with E-state index < -0.39 is 0 Å². The molecule has 1 aliphatic heterocycles. The van der Waals surface area contributed by atoms with Crippen LogP contribution in [0.4, 0.5) is 0 Å². The standard InChI is InChI=1S/C16H23NO3/c1-3-5-13-8-12(10-17)9-15(18-2)16(13)20-11-14-6-4-7-19-14/h3,8-9,14H,1,4-7,10-11,17H2,2H3. The second kappa shape index (κ2) is 7.31. The van der Waals surface area contributed by atoms with Crippen molar-refractivity contribution >= 4 is 0 Å². The fraction of sp³-hybridized carbons (Fsp3) is 0.500. The largest absolute Gasteiger partial charge is 0.493 e. The molecule has 1 unspecified atom stereocenters. The van der Waals surface area contributed by atoms with Gasteiger partial charge in [-0.25, -0.2) is 0 Å². The van der Waals surface area contributed by atoms with Gasteiger partial charge in [0, 0.05) is 18.7 Å². The Bertz CT molecular complexity index is 453. The van der Waals surface area contributed by atoms with Gasteiger partial charge >= 0.3 is 0 Å². The van der Waals surface area contributed by atoms with Crippen LogP contribution >= 0.6 is 0 Å². The molecule has 0 radical (unpaired) electrons. The van der Waals surface area contributed by atoms with Crippen molar-refractivity contribution in [1.82, 2.24) is 0 Å². The molecule has 4 heteroatoms. The maximum absolute atomic E-state index is 5.96. The topological polar surface area (TPSA) is 53.7 Å². The molecule has 2 rings (SSSR count). The van der Waals surface area contributed by atoms with Crippen LogP contribution in [0, 0.1) is 0 Å². The van der Waals surface area contributed by atoms with Crippen molar-refractivity contribution in [1.29, 1.82) is 0 Å². The lowest BCUT2D eigenvalue weighted by molar-refractivity contribution is 0.0666. The highest BCUT2D eigenvalue weighted by atomic mass is 16.5. The molecule has 1 heterocycles. The van der Waals surface area contributed by atoms with E-state index in [9.17, 15) is 0 Å². The Morgan fingerprint density at radius 1 is 1.50 bits per heavy atom. The lowest BCUT2D eigenvalue weighted by Crippen LogP contribution is -2.17. The van der Waals surface area contributed by atoms with Crippen LogP contribution in [0.25, 0.3) is 0 Å². The van der Waals surface area contributed by atoms with Crippen molar-refractivity contribution in [3.8, 4) is 11.5 Å². The fourth-order valence-corrected chi connectivity index (χ4v) is 2.42. The third-order valence-electron chi connectivity index (χ3n) is 3.45. The molecule has 0 aromatic heterocycles. The zero-order chi connectivity index (χ0) is 14.4. The number of benzene rings is 1. The summed E-state index contributed by atoms with van der Waals surface area (Å²) in [4.78, 5) is 0. The summed E-state index contributed by atoms with van der Waals surface area (Å²) in [6, 6.07) is 3.98. The number of rotatable bonds is 7. The lowest BCUT2D eigenvalue weighted by Gasteiger charge is -2.18. The smallest absolute Gasteiger partial charge is 0.164 e. The van der Waals surface area contributed by atoms with E-state index in [2.05, 4.69) is 12.6 Å². The van der Waals surface area contributed by atoms with Crippen LogP contribution in [0.1, 0.15) is 24.0 Å². The minimum atomic E-state index is 0.186. The highest BCUT2D eigenvalue weighted by molar-refractivity contribution is 5.50. The van der Waals surface area contributed by atoms with Crippen molar-refractivity contribution in [2.24, 2.45) is 5.73 Å². The van der Waals surface area contributed by atoms with Crippen molar-refractivity contribution in [3.63, 3.8) is 0 Å². The highest BCUT2D eigenvalue weighted by Crippen LogP contribution is 2.34. The molecule has 1 atom stereocenters. The number of allylic oxidation sites excluding steroid dienone is 1. The van der Waals surface area contributed by atoms with E-state index in [1.807, 2.05) is 12.1 Å². The van der Waals surface area contributed by atoms with Crippen LogP contribution in [-0.2, 0) is 17.7 Å². The first-order valence-electron chi connectivity index (χ1n) is 7.03. The van der Waals surface area contributed by atoms with Gasteiger partial charge in [0.05, 0.1) is 13.2 Å². The van der Waals surface area contributed by atoms with Crippen LogP contribution in [0.2, 0.25) is 0 Å². The number of ether oxygens (including phenoxy) is 3. The first-order chi connectivity index (χ1) is 9.78. The van der Waals surface area contributed by atoms with Crippen molar-refractivity contribution in [2.45, 2.75) is 31.9 Å². The summed E-state index contributed by atoms with van der Waals surface area (Å²) in [5.41, 5.74) is 7.80. The number of methoxy groups -OCH3 is 1. The molecule has 0 amide bonds. The average molecular weight is 277 g/mol. The van der Waals surface area contributed by atoms with E-state index in [0.29, 0.717) is 13.2 Å². The number of hydrogen-bond donors (Lipinski definition) is 1. The second-order valence-corrected chi connectivity index (χ2v) is 4.93. The fourth-order valence-electron chi connectivity index (χ4n) is 2.42. The van der Waals surface area contributed by atoms with Gasteiger partial charge in [-0.3, -0.25) is 0 Å². The van der Waals surface area contributed by atoms with Crippen LogP contribution in [-0.4, -0.2) is 26.4 Å². The first-order valence-corrected chi connectivity index (χ1v) is 7.03. The SMILES string of the molecule is C=CCc1cc(CN)cc(OC)c1OCC1CCCO1. The van der Waals surface area contributed by atoms with Gasteiger partial charge in [-0.15, -0.1) is 6.58 Å². The van der Waals surface area contributed by atoms with E-state index in [1.54, 1.807) is 7.11 Å². The van der Waals surface area contributed by atoms with Gasteiger partial charge in [-0.2, -0.15) is 0 Å². The monoisotopic (exact) mass is 277 g/mol. The summed E-state index contributed by atoms with van der Waals surface area (Å²) in [7, 11) is 1.65. The summed E-state index contributed by atoms with van der Waals surface area (Å²) >= 11 is 0. The van der Waals surface area contributed by atoms with Gasteiger partial charge in [-0.05, 0) is 30.9 Å². The van der Waals surface area contributed by atoms with Crippen LogP contribution in [0.5, 0.6) is 11.5 Å². The molecule has 0 spiro atoms. The molecule has 1 fully saturated rings. The van der Waals surface area contributed by atoms with Gasteiger partial charge in [0.15, 0.2) is 11.5 Å². The minimum absolute atomic E-state index is 0.186. The number of hydrogen-bond acceptors (Lipinski definition) is 4. The van der Waals surface area contributed by atoms with Crippen molar-refractivity contribution in [2.75, 3.05) is 20.3 Å². The van der Waals surface area contributed by atoms with E-state index in [4.69, 9.17) is 19.9 Å². The summed E-state index contributed by atoms with van der Waals surface area (Å²) in [5.74, 6) is 1.50. The predicted octanol–water partition coefficient (Wildman–Crippen LogP) is 2.44. The molecular weight excluding hydrogens is 254 g/mol. The molecule has 1 saturated heterocycles. The quantitative estimate of drug-likeness (QED) is 0.778. The Labute approximate surface area is 120 Å². The Balaban J connectivity index is 2.20. The molecule has 20 heavy (non-hydrogen) atoms. The molecule has 0 saturated carbocycles. The summed E-state index contributed by atoms with van der Waals surface area (Å²) < 4.78 is 17.0. The number of nitrogens with two attached hydrogens (primary N) is 1. The average Bonchev–Trinajstić information content (AvgIpc) is 2.98. The van der Waals surface area contributed by atoms with E-state index >= 15 is 0 Å². The Kier molecular flexibility index (Phi) is 5.44. The van der Waals surface area contributed by atoms with Crippen LogP contribution < -0.4 is 15.2 Å². The first kappa shape index (κ1) is 14.9. The van der Waals surface area contributed by atoms with Gasteiger partial charge in [-0.1, -0.05) is 12.1 Å². The summed E-state index contributed by atoms with van der Waals surface area (Å²) in [6.07, 6.45) is 4.93. The van der Waals surface area contributed by atoms with E-state index in [-0.39, 0.29) is 6.10 Å². The molecule has 0 aliphatic carbocycles. The zero-order valence-corrected chi connectivity index (χ0v) is 12.1. The van der Waals surface area contributed by atoms with Gasteiger partial charge in [0.1, 0.15) is 6.61 Å². The van der Waals surface area contributed by atoms with Crippen molar-refractivity contribution < 1.29 is 14.2 Å². The molecule has 2 N–H and O–H groups in total. The predicted molar refractivity (Wildman–Crippen MR) is 79.3 cm³/mol. The molecule has 1 aromatic carbocycles. The van der Waals surface area contributed by atoms with Gasteiger partial charge < -0.3 is 19.9 Å². The third-order valence-corrected chi connectivity index (χ3v) is 3.45. The van der Waals surface area contributed by atoms with Gasteiger partial charge in [0.25, 0.3) is 0 Å². The second-order valence-electron chi connectivity index (χ2n) is 4.93. The summed E-state index contributed by atoms with van der Waals surface area (Å²) in [6.45, 7) is 5.66. The molecule has 0 bridgehead atoms. The van der Waals surface area contributed by atoms with Crippen molar-refractivity contribution in [3.05, 3.63) is 35.9 Å². The van der Waals surface area contributed by atoms with Crippen LogP contribution in [0.3, 0.4) is 0 Å². The maximum Gasteiger partial charge on any atom is 0.164 e. The third kappa shape index (κ3) is 3.52. The molecule has 4 nitrogen and oxygen atoms in total. The Hall–Kier alpha value is -1.52. The normalized spacial score (nSPS) is 18.0. The molecular formula is C16H23NO3. The minimum Gasteiger partial charge on any atom is -0.493 e. The van der Waals surface area contributed by atoms with E-state index in [1.165, 1.54) is 0 Å². The van der Waals surface area contributed by atoms with Gasteiger partial charge in [0.2, 0.25) is 0 Å². The zero-order valence-electron chi connectivity index (χ0n) is 12.1. The van der Waals surface area contributed by atoms with Crippen LogP contribution in [0.15, 0.2) is 24.8 Å². The Morgan fingerprint density at radius 2 is 2.35 bits per heavy atom. The molecule has 110 valence electrons. The lowest BCUT2D eigenvalue weighted by atomic mass is 10.1. The maximum atomic E-state index is 5.96. The highest BCUT2D eigenvalue weighted by Gasteiger charge is 2.19. The summed E-state index contributed by atoms with van der Waals surface area (Å²) in [5, 5.41) is 0. The molecule has 1 aromatic rings. The van der Waals surface area contributed by atoms with E-state index in [0.717, 1.165) is 48.5 Å². The Morgan fingerprint density at radius 3 is 2.95 bits per heavy atom. The molecule has 1 aliphatic rings.